The topological polar surface area (TPSA) is 9.23 Å². The average Bonchev–Trinajstić information content (AvgIpc) is 2.22. The van der Waals surface area contributed by atoms with E-state index in [1.54, 1.807) is 0 Å². The number of aryl methyl sites for hydroxylation is 1. The molecular weight excluding hydrogens is 184 g/mol. The molecule has 1 aliphatic rings. The van der Waals surface area contributed by atoms with Crippen molar-refractivity contribution in [2.75, 3.05) is 6.61 Å². The van der Waals surface area contributed by atoms with Crippen LogP contribution in [0.15, 0.2) is 18.2 Å². The van der Waals surface area contributed by atoms with Gasteiger partial charge in [0, 0.05) is 5.41 Å². The van der Waals surface area contributed by atoms with E-state index in [4.69, 9.17) is 4.74 Å². The number of rotatable bonds is 0. The van der Waals surface area contributed by atoms with E-state index in [0.29, 0.717) is 0 Å². The lowest BCUT2D eigenvalue weighted by atomic mass is 9.80. The summed E-state index contributed by atoms with van der Waals surface area (Å²) in [7, 11) is 0. The molecule has 0 spiro atoms. The van der Waals surface area contributed by atoms with Crippen molar-refractivity contribution in [2.24, 2.45) is 0 Å². The Morgan fingerprint density at radius 1 is 1.20 bits per heavy atom. The van der Waals surface area contributed by atoms with Gasteiger partial charge in [0.2, 0.25) is 0 Å². The first kappa shape index (κ1) is 12.3. The molecule has 0 aliphatic carbocycles. The highest BCUT2D eigenvalue weighted by Gasteiger charge is 2.28. The van der Waals surface area contributed by atoms with Gasteiger partial charge in [0.15, 0.2) is 0 Å². The molecule has 0 amide bonds. The maximum atomic E-state index is 5.59. The Labute approximate surface area is 93.5 Å². The van der Waals surface area contributed by atoms with Crippen LogP contribution in [0.5, 0.6) is 0 Å². The molecule has 1 heterocycles. The Morgan fingerprint density at radius 3 is 2.47 bits per heavy atom. The first-order valence-electron chi connectivity index (χ1n) is 5.78. The number of ether oxygens (including phenoxy) is 1. The Balaban J connectivity index is 0.000000531. The average molecular weight is 206 g/mol. The first-order chi connectivity index (χ1) is 7.11. The molecule has 2 rings (SSSR count). The summed E-state index contributed by atoms with van der Waals surface area (Å²) in [5.74, 6) is 0. The van der Waals surface area contributed by atoms with Crippen LogP contribution in [-0.4, -0.2) is 6.61 Å². The summed E-state index contributed by atoms with van der Waals surface area (Å²) in [6.07, 6.45) is 0. The molecule has 15 heavy (non-hydrogen) atoms. The van der Waals surface area contributed by atoms with Crippen molar-refractivity contribution in [3.63, 3.8) is 0 Å². The maximum Gasteiger partial charge on any atom is 0.0722 e. The van der Waals surface area contributed by atoms with E-state index in [2.05, 4.69) is 39.0 Å². The van der Waals surface area contributed by atoms with E-state index >= 15 is 0 Å². The lowest BCUT2D eigenvalue weighted by Crippen LogP contribution is -2.30. The van der Waals surface area contributed by atoms with E-state index in [9.17, 15) is 0 Å². The van der Waals surface area contributed by atoms with E-state index in [-0.39, 0.29) is 5.41 Å². The van der Waals surface area contributed by atoms with Crippen LogP contribution in [-0.2, 0) is 16.8 Å². The molecule has 1 aromatic rings. The molecule has 84 valence electrons. The summed E-state index contributed by atoms with van der Waals surface area (Å²) < 4.78 is 5.59. The molecule has 1 aliphatic heterocycles. The lowest BCUT2D eigenvalue weighted by Gasteiger charge is -2.33. The van der Waals surface area contributed by atoms with Gasteiger partial charge >= 0.3 is 0 Å². The van der Waals surface area contributed by atoms with Crippen molar-refractivity contribution in [1.29, 1.82) is 0 Å². The van der Waals surface area contributed by atoms with Crippen LogP contribution in [0.25, 0.3) is 0 Å². The zero-order valence-corrected chi connectivity index (χ0v) is 10.6. The fourth-order valence-corrected chi connectivity index (χ4v) is 2.01. The quantitative estimate of drug-likeness (QED) is 0.627. The fourth-order valence-electron chi connectivity index (χ4n) is 2.01. The third-order valence-corrected chi connectivity index (χ3v) is 2.85. The van der Waals surface area contributed by atoms with Gasteiger partial charge in [-0.2, -0.15) is 0 Å². The van der Waals surface area contributed by atoms with Gasteiger partial charge in [-0.15, -0.1) is 0 Å². The van der Waals surface area contributed by atoms with Crippen LogP contribution >= 0.6 is 0 Å². The standard InChI is InChI=1S/C12H16O.C2H6/c1-9-5-4-6-11-10(9)7-13-8-12(11,2)3;1-2/h4-6H,7-8H2,1-3H3;1-2H3. The summed E-state index contributed by atoms with van der Waals surface area (Å²) in [5.41, 5.74) is 4.38. The SMILES string of the molecule is CC.Cc1cccc2c1COCC2(C)C. The van der Waals surface area contributed by atoms with Crippen LogP contribution < -0.4 is 0 Å². The maximum absolute atomic E-state index is 5.59. The molecule has 0 atom stereocenters. The van der Waals surface area contributed by atoms with Crippen molar-refractivity contribution in [1.82, 2.24) is 0 Å². The minimum Gasteiger partial charge on any atom is -0.376 e. The zero-order valence-electron chi connectivity index (χ0n) is 10.6. The molecule has 1 nitrogen and oxygen atoms in total. The van der Waals surface area contributed by atoms with Crippen LogP contribution in [0.3, 0.4) is 0 Å². The normalized spacial score (nSPS) is 17.4. The van der Waals surface area contributed by atoms with Crippen LogP contribution in [0.1, 0.15) is 44.4 Å². The van der Waals surface area contributed by atoms with E-state index < -0.39 is 0 Å². The van der Waals surface area contributed by atoms with Gasteiger partial charge in [-0.3, -0.25) is 0 Å². The summed E-state index contributed by atoms with van der Waals surface area (Å²) in [6.45, 7) is 12.3. The van der Waals surface area contributed by atoms with Gasteiger partial charge in [0.1, 0.15) is 0 Å². The van der Waals surface area contributed by atoms with Gasteiger partial charge in [-0.1, -0.05) is 45.9 Å². The van der Waals surface area contributed by atoms with Gasteiger partial charge in [0.05, 0.1) is 13.2 Å². The molecule has 0 radical (unpaired) electrons. The molecule has 0 N–H and O–H groups in total. The summed E-state index contributed by atoms with van der Waals surface area (Å²) in [5, 5.41) is 0. The minimum atomic E-state index is 0.180. The fraction of sp³-hybridized carbons (Fsp3) is 0.571. The molecule has 1 aromatic carbocycles. The second-order valence-corrected chi connectivity index (χ2v) is 4.48. The van der Waals surface area contributed by atoms with Crippen molar-refractivity contribution in [3.05, 3.63) is 34.9 Å². The summed E-state index contributed by atoms with van der Waals surface area (Å²) in [4.78, 5) is 0. The monoisotopic (exact) mass is 206 g/mol. The predicted octanol–water partition coefficient (Wildman–Crippen LogP) is 3.83. The number of hydrogen-bond acceptors (Lipinski definition) is 1. The molecular formula is C14H22O. The Kier molecular flexibility index (Phi) is 3.92. The van der Waals surface area contributed by atoms with Crippen molar-refractivity contribution < 1.29 is 4.74 Å². The molecule has 0 unspecified atom stereocenters. The summed E-state index contributed by atoms with van der Waals surface area (Å²) >= 11 is 0. The second-order valence-electron chi connectivity index (χ2n) is 4.48. The Hall–Kier alpha value is -0.820. The van der Waals surface area contributed by atoms with E-state index in [1.807, 2.05) is 13.8 Å². The number of benzene rings is 1. The summed E-state index contributed by atoms with van der Waals surface area (Å²) in [6, 6.07) is 6.52. The van der Waals surface area contributed by atoms with Crippen LogP contribution in [0, 0.1) is 6.92 Å². The van der Waals surface area contributed by atoms with Gasteiger partial charge < -0.3 is 4.74 Å². The van der Waals surface area contributed by atoms with E-state index in [0.717, 1.165) is 13.2 Å². The first-order valence-corrected chi connectivity index (χ1v) is 5.78. The molecule has 0 saturated heterocycles. The van der Waals surface area contributed by atoms with E-state index in [1.165, 1.54) is 16.7 Å². The molecule has 0 fully saturated rings. The van der Waals surface area contributed by atoms with Gasteiger partial charge in [-0.05, 0) is 23.6 Å². The lowest BCUT2D eigenvalue weighted by molar-refractivity contribution is 0.0638. The highest BCUT2D eigenvalue weighted by Crippen LogP contribution is 2.33. The Morgan fingerprint density at radius 2 is 1.87 bits per heavy atom. The molecule has 0 aromatic heterocycles. The van der Waals surface area contributed by atoms with Crippen LogP contribution in [0.2, 0.25) is 0 Å². The number of fused-ring (bicyclic) bond motifs is 1. The van der Waals surface area contributed by atoms with Gasteiger partial charge in [0.25, 0.3) is 0 Å². The molecule has 0 bridgehead atoms. The van der Waals surface area contributed by atoms with Crippen molar-refractivity contribution in [2.45, 2.75) is 46.6 Å². The highest BCUT2D eigenvalue weighted by molar-refractivity contribution is 5.39. The highest BCUT2D eigenvalue weighted by atomic mass is 16.5. The Bertz CT molecular complexity index is 326. The molecule has 0 saturated carbocycles. The van der Waals surface area contributed by atoms with Gasteiger partial charge in [-0.25, -0.2) is 0 Å². The number of hydrogen-bond donors (Lipinski definition) is 0. The predicted molar refractivity (Wildman–Crippen MR) is 65.2 cm³/mol. The minimum absolute atomic E-state index is 0.180. The third-order valence-electron chi connectivity index (χ3n) is 2.85. The van der Waals surface area contributed by atoms with Crippen molar-refractivity contribution >= 4 is 0 Å². The third kappa shape index (κ3) is 2.40. The largest absolute Gasteiger partial charge is 0.376 e. The smallest absolute Gasteiger partial charge is 0.0722 e. The zero-order chi connectivity index (χ0) is 11.5. The van der Waals surface area contributed by atoms with Crippen molar-refractivity contribution in [3.8, 4) is 0 Å². The molecule has 1 heteroatoms. The second kappa shape index (κ2) is 4.80. The van der Waals surface area contributed by atoms with Crippen LogP contribution in [0.4, 0.5) is 0 Å².